The lowest BCUT2D eigenvalue weighted by molar-refractivity contribution is -0.150. The van der Waals surface area contributed by atoms with Crippen molar-refractivity contribution in [1.82, 2.24) is 4.90 Å². The van der Waals surface area contributed by atoms with Gasteiger partial charge in [-0.05, 0) is 38.4 Å². The maximum atomic E-state index is 11.8. The molecule has 1 aromatic heterocycles. The largest absolute Gasteiger partial charge is 0.466 e. The van der Waals surface area contributed by atoms with E-state index in [1.54, 1.807) is 12.1 Å². The first kappa shape index (κ1) is 15.6. The number of rotatable bonds is 5. The van der Waals surface area contributed by atoms with Crippen LogP contribution in [0.2, 0.25) is 0 Å². The van der Waals surface area contributed by atoms with Gasteiger partial charge in [0.05, 0.1) is 26.2 Å². The molecular formula is C15H21NO5. The van der Waals surface area contributed by atoms with Crippen molar-refractivity contribution in [2.75, 3.05) is 26.8 Å². The van der Waals surface area contributed by atoms with E-state index in [1.165, 1.54) is 7.11 Å². The zero-order chi connectivity index (χ0) is 15.2. The third kappa shape index (κ3) is 4.07. The van der Waals surface area contributed by atoms with Gasteiger partial charge in [-0.1, -0.05) is 0 Å². The Balaban J connectivity index is 1.91. The van der Waals surface area contributed by atoms with Gasteiger partial charge in [0.1, 0.15) is 5.76 Å². The molecule has 0 aromatic carbocycles. The summed E-state index contributed by atoms with van der Waals surface area (Å²) < 4.78 is 15.1. The first-order chi connectivity index (χ1) is 10.1. The molecule has 0 radical (unpaired) electrons. The molecule has 1 saturated heterocycles. The monoisotopic (exact) mass is 295 g/mol. The molecule has 2 heterocycles. The van der Waals surface area contributed by atoms with E-state index >= 15 is 0 Å². The van der Waals surface area contributed by atoms with Crippen LogP contribution in [-0.2, 0) is 20.8 Å². The molecule has 0 saturated carbocycles. The maximum absolute atomic E-state index is 11.8. The van der Waals surface area contributed by atoms with Crippen molar-refractivity contribution in [3.8, 4) is 0 Å². The molecule has 0 amide bonds. The van der Waals surface area contributed by atoms with Crippen LogP contribution in [0.15, 0.2) is 16.5 Å². The fourth-order valence-electron chi connectivity index (χ4n) is 2.55. The number of carbonyl (C=O) groups is 2. The minimum absolute atomic E-state index is 0.0752. The number of hydrogen-bond acceptors (Lipinski definition) is 6. The van der Waals surface area contributed by atoms with E-state index in [1.807, 2.05) is 6.92 Å². The number of esters is 2. The number of piperidine rings is 1. The molecule has 1 fully saturated rings. The zero-order valence-electron chi connectivity index (χ0n) is 12.5. The minimum Gasteiger partial charge on any atom is -0.466 e. The molecule has 1 aliphatic rings. The van der Waals surface area contributed by atoms with Gasteiger partial charge < -0.3 is 13.9 Å². The van der Waals surface area contributed by atoms with Gasteiger partial charge >= 0.3 is 11.9 Å². The summed E-state index contributed by atoms with van der Waals surface area (Å²) in [5.41, 5.74) is 0. The van der Waals surface area contributed by atoms with E-state index in [0.29, 0.717) is 25.5 Å². The lowest BCUT2D eigenvalue weighted by Crippen LogP contribution is -2.38. The minimum atomic E-state index is -0.482. The molecule has 0 aliphatic carbocycles. The summed E-state index contributed by atoms with van der Waals surface area (Å²) in [5.74, 6) is 0.210. The lowest BCUT2D eigenvalue weighted by Gasteiger charge is -2.30. The molecule has 1 aliphatic heterocycles. The van der Waals surface area contributed by atoms with Crippen molar-refractivity contribution in [3.63, 3.8) is 0 Å². The van der Waals surface area contributed by atoms with E-state index in [-0.39, 0.29) is 17.6 Å². The van der Waals surface area contributed by atoms with Crippen molar-refractivity contribution < 1.29 is 23.5 Å². The summed E-state index contributed by atoms with van der Waals surface area (Å²) in [5, 5.41) is 0. The van der Waals surface area contributed by atoms with E-state index in [9.17, 15) is 9.59 Å². The van der Waals surface area contributed by atoms with E-state index in [4.69, 9.17) is 9.15 Å². The second-order valence-corrected chi connectivity index (χ2v) is 5.08. The van der Waals surface area contributed by atoms with Gasteiger partial charge in [0.25, 0.3) is 0 Å². The molecule has 1 atom stereocenters. The van der Waals surface area contributed by atoms with Gasteiger partial charge in [-0.25, -0.2) is 4.79 Å². The summed E-state index contributed by atoms with van der Waals surface area (Å²) in [4.78, 5) is 25.3. The molecule has 1 aromatic rings. The highest BCUT2D eigenvalue weighted by molar-refractivity contribution is 5.86. The van der Waals surface area contributed by atoms with Crippen LogP contribution in [0.25, 0.3) is 0 Å². The van der Waals surface area contributed by atoms with Crippen LogP contribution < -0.4 is 0 Å². The van der Waals surface area contributed by atoms with Gasteiger partial charge in [0, 0.05) is 6.54 Å². The normalized spacial score (nSPS) is 19.2. The molecule has 6 nitrogen and oxygen atoms in total. The topological polar surface area (TPSA) is 69.0 Å². The summed E-state index contributed by atoms with van der Waals surface area (Å²) in [6.07, 6.45) is 1.81. The molecule has 2 rings (SSSR count). The Labute approximate surface area is 124 Å². The Hall–Kier alpha value is -1.82. The van der Waals surface area contributed by atoms with Gasteiger partial charge in [0.15, 0.2) is 0 Å². The highest BCUT2D eigenvalue weighted by Gasteiger charge is 2.27. The van der Waals surface area contributed by atoms with Crippen LogP contribution in [-0.4, -0.2) is 43.6 Å². The first-order valence-electron chi connectivity index (χ1n) is 7.20. The fraction of sp³-hybridized carbons (Fsp3) is 0.600. The maximum Gasteiger partial charge on any atom is 0.373 e. The number of ether oxygens (including phenoxy) is 2. The molecule has 21 heavy (non-hydrogen) atoms. The summed E-state index contributed by atoms with van der Waals surface area (Å²) in [6.45, 7) is 4.37. The predicted octanol–water partition coefficient (Wildman–Crippen LogP) is 1.84. The van der Waals surface area contributed by atoms with Crippen molar-refractivity contribution >= 4 is 11.9 Å². The average molecular weight is 295 g/mol. The number of furan rings is 1. The Kier molecular flexibility index (Phi) is 5.38. The van der Waals surface area contributed by atoms with E-state index in [2.05, 4.69) is 9.64 Å². The second kappa shape index (κ2) is 7.26. The number of likely N-dealkylation sites (tertiary alicyclic amines) is 1. The van der Waals surface area contributed by atoms with Gasteiger partial charge in [-0.2, -0.15) is 0 Å². The summed E-state index contributed by atoms with van der Waals surface area (Å²) in [6, 6.07) is 3.37. The van der Waals surface area contributed by atoms with Crippen molar-refractivity contribution in [1.29, 1.82) is 0 Å². The van der Waals surface area contributed by atoms with Crippen LogP contribution in [0.1, 0.15) is 36.1 Å². The van der Waals surface area contributed by atoms with E-state index < -0.39 is 5.97 Å². The van der Waals surface area contributed by atoms with Crippen LogP contribution in [0.3, 0.4) is 0 Å². The number of nitrogens with zero attached hydrogens (tertiary/aromatic N) is 1. The quantitative estimate of drug-likeness (QED) is 0.772. The standard InChI is InChI=1S/C15H21NO5/c1-3-20-14(17)11-5-4-8-16(9-11)10-12-6-7-13(21-12)15(18)19-2/h6-7,11H,3-5,8-10H2,1-2H3/t11-/m1/s1. The third-order valence-corrected chi connectivity index (χ3v) is 3.55. The van der Waals surface area contributed by atoms with Gasteiger partial charge in [0.2, 0.25) is 5.76 Å². The molecular weight excluding hydrogens is 274 g/mol. The number of carbonyl (C=O) groups excluding carboxylic acids is 2. The van der Waals surface area contributed by atoms with Crippen molar-refractivity contribution in [2.45, 2.75) is 26.3 Å². The van der Waals surface area contributed by atoms with Gasteiger partial charge in [-0.3, -0.25) is 9.69 Å². The Morgan fingerprint density at radius 3 is 2.95 bits per heavy atom. The fourth-order valence-corrected chi connectivity index (χ4v) is 2.55. The van der Waals surface area contributed by atoms with Crippen LogP contribution in [0.4, 0.5) is 0 Å². The third-order valence-electron chi connectivity index (χ3n) is 3.55. The van der Waals surface area contributed by atoms with Crippen molar-refractivity contribution in [3.05, 3.63) is 23.7 Å². The van der Waals surface area contributed by atoms with Crippen LogP contribution in [0, 0.1) is 5.92 Å². The molecule has 6 heteroatoms. The number of methoxy groups -OCH3 is 1. The highest BCUT2D eigenvalue weighted by atomic mass is 16.5. The Morgan fingerprint density at radius 1 is 1.43 bits per heavy atom. The van der Waals surface area contributed by atoms with E-state index in [0.717, 1.165) is 19.4 Å². The Bertz CT molecular complexity index is 496. The zero-order valence-corrected chi connectivity index (χ0v) is 12.5. The number of hydrogen-bond donors (Lipinski definition) is 0. The molecule has 0 spiro atoms. The van der Waals surface area contributed by atoms with Gasteiger partial charge in [-0.15, -0.1) is 0 Å². The second-order valence-electron chi connectivity index (χ2n) is 5.08. The SMILES string of the molecule is CCOC(=O)[C@@H]1CCCN(Cc2ccc(C(=O)OC)o2)C1. The lowest BCUT2D eigenvalue weighted by atomic mass is 9.98. The summed E-state index contributed by atoms with van der Waals surface area (Å²) >= 11 is 0. The molecule has 0 bridgehead atoms. The Morgan fingerprint density at radius 2 is 2.24 bits per heavy atom. The first-order valence-corrected chi connectivity index (χ1v) is 7.20. The highest BCUT2D eigenvalue weighted by Crippen LogP contribution is 2.20. The van der Waals surface area contributed by atoms with Crippen molar-refractivity contribution in [2.24, 2.45) is 5.92 Å². The average Bonchev–Trinajstić information content (AvgIpc) is 2.95. The van der Waals surface area contributed by atoms with Crippen LogP contribution in [0.5, 0.6) is 0 Å². The summed E-state index contributed by atoms with van der Waals surface area (Å²) in [7, 11) is 1.32. The van der Waals surface area contributed by atoms with Crippen LogP contribution >= 0.6 is 0 Å². The molecule has 116 valence electrons. The molecule has 0 N–H and O–H groups in total. The molecule has 0 unspecified atom stereocenters. The predicted molar refractivity (Wildman–Crippen MR) is 74.7 cm³/mol. The smallest absolute Gasteiger partial charge is 0.373 e.